The van der Waals surface area contributed by atoms with Crippen molar-refractivity contribution in [1.82, 2.24) is 4.90 Å². The number of carbonyl (C=O) groups excluding carboxylic acids is 3. The molecule has 6 N–H and O–H groups in total. The van der Waals surface area contributed by atoms with Gasteiger partial charge in [-0.15, -0.1) is 12.4 Å². The van der Waals surface area contributed by atoms with Crippen molar-refractivity contribution in [3.8, 4) is 5.75 Å². The Morgan fingerprint density at radius 1 is 1.17 bits per heavy atom. The number of benzene rings is 1. The Labute approximate surface area is 212 Å². The Bertz CT molecular complexity index is 1220. The predicted octanol–water partition coefficient (Wildman–Crippen LogP) is 1.11. The summed E-state index contributed by atoms with van der Waals surface area (Å²) in [6.07, 6.45) is 0.231. The first-order valence-corrected chi connectivity index (χ1v) is 11.0. The molecule has 0 spiro atoms. The van der Waals surface area contributed by atoms with E-state index in [9.17, 15) is 34.8 Å². The topological polar surface area (TPSA) is 165 Å². The highest BCUT2D eigenvalue weighted by molar-refractivity contribution is 6.33. The number of aliphatic hydroxyl groups is 3. The van der Waals surface area contributed by atoms with Gasteiger partial charge in [0, 0.05) is 31.3 Å². The van der Waals surface area contributed by atoms with Crippen molar-refractivity contribution in [3.63, 3.8) is 0 Å². The number of phenolic OH excluding ortho intramolecular Hbond substituents is 1. The molecule has 0 unspecified atom stereocenters. The van der Waals surface area contributed by atoms with Gasteiger partial charge in [-0.05, 0) is 44.5 Å². The summed E-state index contributed by atoms with van der Waals surface area (Å²) in [5.74, 6) is -6.98. The third-order valence-electron chi connectivity index (χ3n) is 7.13. The van der Waals surface area contributed by atoms with Crippen LogP contribution in [0.25, 0.3) is 5.76 Å². The number of amides is 1. The second-order valence-electron chi connectivity index (χ2n) is 9.44. The molecule has 1 aromatic carbocycles. The lowest BCUT2D eigenvalue weighted by molar-refractivity contribution is -0.153. The van der Waals surface area contributed by atoms with Gasteiger partial charge in [-0.25, -0.2) is 0 Å². The number of ketones is 2. The molecule has 0 aliphatic heterocycles. The number of aromatic hydroxyl groups is 1. The van der Waals surface area contributed by atoms with E-state index >= 15 is 0 Å². The molecule has 3 aliphatic rings. The Hall–Kier alpha value is -2.79. The number of carbonyl (C=O) groups is 3. The number of hydrogen-bond donors (Lipinski definition) is 5. The number of nitrogens with two attached hydrogens (primary N) is 1. The van der Waals surface area contributed by atoms with Gasteiger partial charge < -0.3 is 31.1 Å². The lowest BCUT2D eigenvalue weighted by atomic mass is 9.57. The van der Waals surface area contributed by atoms with Crippen molar-refractivity contribution in [2.45, 2.75) is 24.5 Å². The van der Waals surface area contributed by atoms with Crippen molar-refractivity contribution < 1.29 is 34.8 Å². The van der Waals surface area contributed by atoms with Crippen LogP contribution in [0.5, 0.6) is 5.75 Å². The molecule has 0 saturated heterocycles. The van der Waals surface area contributed by atoms with Crippen molar-refractivity contribution in [2.24, 2.45) is 17.6 Å². The zero-order valence-corrected chi connectivity index (χ0v) is 21.1. The fraction of sp³-hybridized carbons (Fsp3) is 0.435. The summed E-state index contributed by atoms with van der Waals surface area (Å²) in [6.45, 7) is 0. The van der Waals surface area contributed by atoms with Crippen LogP contribution in [0, 0.1) is 11.8 Å². The van der Waals surface area contributed by atoms with E-state index in [4.69, 9.17) is 17.3 Å². The number of likely N-dealkylation sites (N-methyl/N-ethyl adjacent to an activating group) is 1. The number of fused-ring (bicyclic) bond motifs is 3. The maximum atomic E-state index is 13.7. The summed E-state index contributed by atoms with van der Waals surface area (Å²) in [5, 5.41) is 44.1. The number of primary amides is 1. The average molecular weight is 528 g/mol. The Balaban J connectivity index is 0.00000342. The number of anilines is 1. The Morgan fingerprint density at radius 2 is 1.77 bits per heavy atom. The largest absolute Gasteiger partial charge is 0.508 e. The number of halogens is 2. The highest BCUT2D eigenvalue weighted by atomic mass is 35.5. The van der Waals surface area contributed by atoms with Crippen molar-refractivity contribution in [3.05, 3.63) is 39.1 Å². The number of Topliss-reactive ketones (excluding diaryl/α,β-unsaturated/α-hetero) is 2. The lowest BCUT2D eigenvalue weighted by Crippen LogP contribution is -2.65. The van der Waals surface area contributed by atoms with E-state index in [0.29, 0.717) is 11.3 Å². The minimum Gasteiger partial charge on any atom is -0.508 e. The molecule has 4 atom stereocenters. The highest BCUT2D eigenvalue weighted by Crippen LogP contribution is 2.54. The summed E-state index contributed by atoms with van der Waals surface area (Å²) >= 11 is 6.17. The monoisotopic (exact) mass is 527 g/mol. The molecule has 0 aromatic heterocycles. The molecule has 3 aliphatic carbocycles. The maximum Gasteiger partial charge on any atom is 0.255 e. The smallest absolute Gasteiger partial charge is 0.255 e. The van der Waals surface area contributed by atoms with Gasteiger partial charge in [-0.3, -0.25) is 19.3 Å². The molecule has 0 radical (unpaired) electrons. The first kappa shape index (κ1) is 26.8. The lowest BCUT2D eigenvalue weighted by Gasteiger charge is -2.50. The third kappa shape index (κ3) is 3.50. The van der Waals surface area contributed by atoms with Gasteiger partial charge in [0.15, 0.2) is 11.4 Å². The van der Waals surface area contributed by atoms with E-state index < -0.39 is 63.8 Å². The molecular formula is C23H27Cl2N3O7. The quantitative estimate of drug-likeness (QED) is 0.362. The molecule has 1 saturated carbocycles. The van der Waals surface area contributed by atoms with Crippen LogP contribution in [-0.2, 0) is 20.8 Å². The predicted molar refractivity (Wildman–Crippen MR) is 131 cm³/mol. The van der Waals surface area contributed by atoms with Crippen LogP contribution in [0.15, 0.2) is 23.0 Å². The summed E-state index contributed by atoms with van der Waals surface area (Å²) in [7, 11) is 6.63. The van der Waals surface area contributed by atoms with Crippen LogP contribution in [0.4, 0.5) is 5.69 Å². The summed E-state index contributed by atoms with van der Waals surface area (Å²) < 4.78 is 0. The zero-order valence-electron chi connectivity index (χ0n) is 19.5. The van der Waals surface area contributed by atoms with Gasteiger partial charge in [0.05, 0.1) is 16.6 Å². The second kappa shape index (κ2) is 8.70. The van der Waals surface area contributed by atoms with Crippen LogP contribution in [0.2, 0.25) is 5.02 Å². The molecule has 12 heteroatoms. The standard InChI is InChI=1S/C23H26ClN3O7.ClH/c1-26(2)12-7-11(24)17(28)14-9(12)5-8-6-10-16(27(3)4)19(30)15(22(25)33)21(32)23(10,34)20(31)13(8)18(14)29;/h7-8,10,16,28-29,32,34H,5-6H2,1-4H3,(H2,25,33);1H/t8-,10-,16-,23-;/m0./s1. The molecule has 1 aromatic rings. The van der Waals surface area contributed by atoms with E-state index in [-0.39, 0.29) is 41.4 Å². The normalized spacial score (nSPS) is 27.8. The van der Waals surface area contributed by atoms with Crippen molar-refractivity contribution >= 4 is 52.9 Å². The Kier molecular flexibility index (Phi) is 6.67. The number of nitrogens with zero attached hydrogens (tertiary/aromatic N) is 2. The van der Waals surface area contributed by atoms with Gasteiger partial charge in [0.25, 0.3) is 5.91 Å². The molecule has 1 fully saturated rings. The van der Waals surface area contributed by atoms with Crippen LogP contribution < -0.4 is 10.6 Å². The minimum atomic E-state index is -2.66. The van der Waals surface area contributed by atoms with Gasteiger partial charge in [0.1, 0.15) is 22.8 Å². The van der Waals surface area contributed by atoms with E-state index in [1.54, 1.807) is 39.2 Å². The average Bonchev–Trinajstić information content (AvgIpc) is 2.72. The Morgan fingerprint density at radius 3 is 2.29 bits per heavy atom. The fourth-order valence-corrected chi connectivity index (χ4v) is 5.86. The maximum absolute atomic E-state index is 13.7. The fourth-order valence-electron chi connectivity index (χ4n) is 5.66. The molecular weight excluding hydrogens is 501 g/mol. The summed E-state index contributed by atoms with van der Waals surface area (Å²) in [4.78, 5) is 42.0. The molecule has 10 nitrogen and oxygen atoms in total. The summed E-state index contributed by atoms with van der Waals surface area (Å²) in [6, 6.07) is 0.430. The van der Waals surface area contributed by atoms with Gasteiger partial charge in [-0.1, -0.05) is 11.6 Å². The molecule has 1 amide bonds. The van der Waals surface area contributed by atoms with Crippen LogP contribution in [0.3, 0.4) is 0 Å². The second-order valence-corrected chi connectivity index (χ2v) is 9.84. The molecule has 0 heterocycles. The van der Waals surface area contributed by atoms with E-state index in [2.05, 4.69) is 0 Å². The van der Waals surface area contributed by atoms with Gasteiger partial charge in [-0.2, -0.15) is 0 Å². The van der Waals surface area contributed by atoms with Crippen molar-refractivity contribution in [1.29, 1.82) is 0 Å². The van der Waals surface area contributed by atoms with Crippen LogP contribution in [0.1, 0.15) is 17.5 Å². The SMILES string of the molecule is CN(C)c1cc(Cl)c(O)c2c1C[C@H]1C[C@H]3[C@H](N(C)C)C(=O)C(C(N)=O)=C(O)[C@@]3(O)C(=O)C1=C2O.Cl. The van der Waals surface area contributed by atoms with Gasteiger partial charge >= 0.3 is 0 Å². The molecule has 190 valence electrons. The van der Waals surface area contributed by atoms with Crippen LogP contribution in [-0.4, -0.2) is 82.6 Å². The van der Waals surface area contributed by atoms with Crippen molar-refractivity contribution in [2.75, 3.05) is 33.1 Å². The first-order chi connectivity index (χ1) is 15.7. The van der Waals surface area contributed by atoms with Gasteiger partial charge in [0.2, 0.25) is 5.78 Å². The molecule has 35 heavy (non-hydrogen) atoms. The van der Waals surface area contributed by atoms with E-state index in [0.717, 1.165) is 0 Å². The zero-order chi connectivity index (χ0) is 25.4. The van der Waals surface area contributed by atoms with Crippen LogP contribution >= 0.6 is 24.0 Å². The first-order valence-electron chi connectivity index (χ1n) is 10.6. The number of aliphatic hydroxyl groups excluding tert-OH is 2. The summed E-state index contributed by atoms with van der Waals surface area (Å²) in [5.41, 5.74) is 2.73. The van der Waals surface area contributed by atoms with E-state index in [1.165, 1.54) is 4.90 Å². The highest BCUT2D eigenvalue weighted by Gasteiger charge is 2.64. The number of phenols is 1. The number of hydrogen-bond acceptors (Lipinski definition) is 9. The third-order valence-corrected chi connectivity index (χ3v) is 7.42. The van der Waals surface area contributed by atoms with E-state index in [1.807, 2.05) is 0 Å². The minimum absolute atomic E-state index is 0. The molecule has 4 rings (SSSR count). The molecule has 0 bridgehead atoms. The number of rotatable bonds is 3.